The minimum Gasteiger partial charge on any atom is -0.362 e. The molecule has 0 aromatic heterocycles. The van der Waals surface area contributed by atoms with E-state index in [1.807, 2.05) is 4.90 Å². The molecule has 1 fully saturated rings. The second kappa shape index (κ2) is 6.74. The smallest absolute Gasteiger partial charge is 0.317 e. The van der Waals surface area contributed by atoms with Gasteiger partial charge >= 0.3 is 6.03 Å². The molecule has 1 N–H and O–H groups in total. The van der Waals surface area contributed by atoms with E-state index in [0.29, 0.717) is 38.4 Å². The maximum atomic E-state index is 11.8. The summed E-state index contributed by atoms with van der Waals surface area (Å²) in [6, 6.07) is 6.55. The monoisotopic (exact) mass is 290 g/mol. The van der Waals surface area contributed by atoms with Gasteiger partial charge in [-0.1, -0.05) is 18.2 Å². The molecule has 1 aliphatic rings. The fraction of sp³-hybridized carbons (Fsp3) is 0.357. The fourth-order valence-electron chi connectivity index (χ4n) is 2.31. The number of nitro benzene ring substituents is 1. The van der Waals surface area contributed by atoms with Gasteiger partial charge in [0.15, 0.2) is 0 Å². The molecule has 7 heteroatoms. The highest BCUT2D eigenvalue weighted by molar-refractivity contribution is 5.75. The van der Waals surface area contributed by atoms with Crippen molar-refractivity contribution >= 4 is 17.4 Å². The van der Waals surface area contributed by atoms with Crippen molar-refractivity contribution in [2.75, 3.05) is 37.6 Å². The van der Waals surface area contributed by atoms with Crippen molar-refractivity contribution in [3.63, 3.8) is 0 Å². The third-order valence-electron chi connectivity index (χ3n) is 3.38. The Balaban J connectivity index is 2.00. The van der Waals surface area contributed by atoms with E-state index < -0.39 is 0 Å². The molecule has 0 bridgehead atoms. The molecule has 0 aliphatic carbocycles. The van der Waals surface area contributed by atoms with Crippen LogP contribution in [0.5, 0.6) is 0 Å². The number of nitro groups is 1. The van der Waals surface area contributed by atoms with Crippen LogP contribution in [0.4, 0.5) is 16.2 Å². The molecule has 1 aromatic rings. The highest BCUT2D eigenvalue weighted by Crippen LogP contribution is 2.28. The van der Waals surface area contributed by atoms with Crippen molar-refractivity contribution in [3.05, 3.63) is 47.0 Å². The summed E-state index contributed by atoms with van der Waals surface area (Å²) < 4.78 is 0. The van der Waals surface area contributed by atoms with E-state index in [2.05, 4.69) is 11.9 Å². The van der Waals surface area contributed by atoms with Gasteiger partial charge in [0.05, 0.1) is 4.92 Å². The van der Waals surface area contributed by atoms with Crippen LogP contribution in [0.3, 0.4) is 0 Å². The summed E-state index contributed by atoms with van der Waals surface area (Å²) in [5, 5.41) is 13.8. The highest BCUT2D eigenvalue weighted by Gasteiger charge is 2.25. The number of carbonyl (C=O) groups excluding carboxylic acids is 1. The van der Waals surface area contributed by atoms with E-state index in [9.17, 15) is 14.9 Å². The zero-order chi connectivity index (χ0) is 15.2. The number of benzene rings is 1. The summed E-state index contributed by atoms with van der Waals surface area (Å²) in [5.41, 5.74) is 0.704. The number of hydrogen-bond acceptors (Lipinski definition) is 4. The first kappa shape index (κ1) is 14.8. The van der Waals surface area contributed by atoms with Gasteiger partial charge in [-0.25, -0.2) is 4.79 Å². The standard InChI is InChI=1S/C14H18N4O3/c1-2-7-15-14(19)17-10-8-16(9-11-17)12-5-3-4-6-13(12)18(20)21/h2-6H,1,7-11H2,(H,15,19). The van der Waals surface area contributed by atoms with Crippen LogP contribution in [0.15, 0.2) is 36.9 Å². The molecular weight excluding hydrogens is 272 g/mol. The van der Waals surface area contributed by atoms with Crippen molar-refractivity contribution in [1.82, 2.24) is 10.2 Å². The molecule has 112 valence electrons. The molecule has 7 nitrogen and oxygen atoms in total. The second-order valence-corrected chi connectivity index (χ2v) is 4.69. The lowest BCUT2D eigenvalue weighted by atomic mass is 10.2. The second-order valence-electron chi connectivity index (χ2n) is 4.69. The van der Waals surface area contributed by atoms with Crippen molar-refractivity contribution in [3.8, 4) is 0 Å². The number of para-hydroxylation sites is 2. The lowest BCUT2D eigenvalue weighted by molar-refractivity contribution is -0.384. The van der Waals surface area contributed by atoms with Gasteiger partial charge in [-0.3, -0.25) is 10.1 Å². The van der Waals surface area contributed by atoms with Gasteiger partial charge in [0.2, 0.25) is 0 Å². The molecule has 21 heavy (non-hydrogen) atoms. The van der Waals surface area contributed by atoms with Gasteiger partial charge in [0, 0.05) is 38.8 Å². The predicted octanol–water partition coefficient (Wildman–Crippen LogP) is 1.61. The van der Waals surface area contributed by atoms with E-state index in [1.54, 1.807) is 29.2 Å². The number of rotatable bonds is 4. The zero-order valence-corrected chi connectivity index (χ0v) is 11.7. The van der Waals surface area contributed by atoms with E-state index in [0.717, 1.165) is 0 Å². The third kappa shape index (κ3) is 3.50. The number of hydrogen-bond donors (Lipinski definition) is 1. The molecule has 0 unspecified atom stereocenters. The molecule has 1 aliphatic heterocycles. The Morgan fingerprint density at radius 2 is 2.00 bits per heavy atom. The zero-order valence-electron chi connectivity index (χ0n) is 11.7. The van der Waals surface area contributed by atoms with Crippen LogP contribution < -0.4 is 10.2 Å². The Hall–Kier alpha value is -2.57. The largest absolute Gasteiger partial charge is 0.362 e. The van der Waals surface area contributed by atoms with Gasteiger partial charge in [0.25, 0.3) is 5.69 Å². The number of carbonyl (C=O) groups is 1. The van der Waals surface area contributed by atoms with Crippen LogP contribution in [0.2, 0.25) is 0 Å². The number of urea groups is 1. The summed E-state index contributed by atoms with van der Waals surface area (Å²) in [6.07, 6.45) is 1.63. The Morgan fingerprint density at radius 3 is 2.62 bits per heavy atom. The van der Waals surface area contributed by atoms with Gasteiger partial charge in [-0.15, -0.1) is 6.58 Å². The maximum Gasteiger partial charge on any atom is 0.317 e. The van der Waals surface area contributed by atoms with Crippen LogP contribution in [-0.4, -0.2) is 48.6 Å². The summed E-state index contributed by atoms with van der Waals surface area (Å²) in [7, 11) is 0. The molecule has 1 aromatic carbocycles. The number of anilines is 1. The summed E-state index contributed by atoms with van der Waals surface area (Å²) >= 11 is 0. The van der Waals surface area contributed by atoms with Crippen LogP contribution in [0.25, 0.3) is 0 Å². The number of piperazine rings is 1. The number of nitrogens with one attached hydrogen (secondary N) is 1. The topological polar surface area (TPSA) is 78.7 Å². The first-order valence-electron chi connectivity index (χ1n) is 6.75. The minimum atomic E-state index is -0.376. The molecule has 0 radical (unpaired) electrons. The Morgan fingerprint density at radius 1 is 1.33 bits per heavy atom. The summed E-state index contributed by atoms with van der Waals surface area (Å²) in [6.45, 7) is 6.21. The quantitative estimate of drug-likeness (QED) is 0.519. The molecule has 2 rings (SSSR count). The highest BCUT2D eigenvalue weighted by atomic mass is 16.6. The minimum absolute atomic E-state index is 0.0991. The molecule has 1 heterocycles. The summed E-state index contributed by atoms with van der Waals surface area (Å²) in [4.78, 5) is 26.1. The van der Waals surface area contributed by atoms with E-state index in [4.69, 9.17) is 0 Å². The van der Waals surface area contributed by atoms with Gasteiger partial charge < -0.3 is 15.1 Å². The fourth-order valence-corrected chi connectivity index (χ4v) is 2.31. The average Bonchev–Trinajstić information content (AvgIpc) is 2.52. The predicted molar refractivity (Wildman–Crippen MR) is 80.5 cm³/mol. The number of amides is 2. The molecular formula is C14H18N4O3. The van der Waals surface area contributed by atoms with E-state index in [-0.39, 0.29) is 16.6 Å². The van der Waals surface area contributed by atoms with Crippen molar-refractivity contribution in [2.24, 2.45) is 0 Å². The first-order valence-corrected chi connectivity index (χ1v) is 6.75. The van der Waals surface area contributed by atoms with Crippen molar-refractivity contribution in [2.45, 2.75) is 0 Å². The van der Waals surface area contributed by atoms with Crippen LogP contribution >= 0.6 is 0 Å². The van der Waals surface area contributed by atoms with E-state index >= 15 is 0 Å². The Bertz CT molecular complexity index is 539. The summed E-state index contributed by atoms with van der Waals surface area (Å²) in [5.74, 6) is 0. The van der Waals surface area contributed by atoms with Gasteiger partial charge in [-0.05, 0) is 6.07 Å². The van der Waals surface area contributed by atoms with Crippen molar-refractivity contribution in [1.29, 1.82) is 0 Å². The lowest BCUT2D eigenvalue weighted by Gasteiger charge is -2.35. The van der Waals surface area contributed by atoms with Crippen LogP contribution in [0, 0.1) is 10.1 Å². The van der Waals surface area contributed by atoms with Crippen molar-refractivity contribution < 1.29 is 9.72 Å². The van der Waals surface area contributed by atoms with Gasteiger partial charge in [-0.2, -0.15) is 0 Å². The van der Waals surface area contributed by atoms with Crippen LogP contribution in [-0.2, 0) is 0 Å². The molecule has 1 saturated heterocycles. The molecule has 0 saturated carbocycles. The Labute approximate surface area is 123 Å². The normalized spacial score (nSPS) is 14.7. The molecule has 0 spiro atoms. The third-order valence-corrected chi connectivity index (χ3v) is 3.38. The first-order chi connectivity index (χ1) is 10.1. The number of nitrogens with zero attached hydrogens (tertiary/aromatic N) is 3. The van der Waals surface area contributed by atoms with E-state index in [1.165, 1.54) is 6.07 Å². The van der Waals surface area contributed by atoms with Crippen LogP contribution in [0.1, 0.15) is 0 Å². The Kier molecular flexibility index (Phi) is 4.76. The SMILES string of the molecule is C=CCNC(=O)N1CCN(c2ccccc2[N+](=O)[O-])CC1. The molecule has 0 atom stereocenters. The average molecular weight is 290 g/mol. The maximum absolute atomic E-state index is 11.8. The van der Waals surface area contributed by atoms with Gasteiger partial charge in [0.1, 0.15) is 5.69 Å². The molecule has 2 amide bonds. The lowest BCUT2D eigenvalue weighted by Crippen LogP contribution is -2.52.